The van der Waals surface area contributed by atoms with E-state index in [0.29, 0.717) is 18.2 Å². The molecule has 1 unspecified atom stereocenters. The Balaban J connectivity index is 1.84. The number of aromatic nitrogens is 2. The molecule has 1 aromatic heterocycles. The highest BCUT2D eigenvalue weighted by Gasteiger charge is 2.31. The van der Waals surface area contributed by atoms with E-state index in [1.54, 1.807) is 6.92 Å². The molecule has 0 bridgehead atoms. The van der Waals surface area contributed by atoms with Gasteiger partial charge in [0.15, 0.2) is 27.3 Å². The molecule has 0 saturated carbocycles. The molecule has 1 N–H and O–H groups in total. The van der Waals surface area contributed by atoms with Gasteiger partial charge in [-0.1, -0.05) is 0 Å². The highest BCUT2D eigenvalue weighted by molar-refractivity contribution is 7.91. The van der Waals surface area contributed by atoms with E-state index >= 15 is 0 Å². The molecule has 1 saturated heterocycles. The number of carbonyl (C=O) groups is 1. The smallest absolute Gasteiger partial charge is 0.259 e. The molecule has 0 aliphatic carbocycles. The number of rotatable bonds is 3. The number of carbonyl (C=O) groups excluding carboxylic acids is 1. The molecule has 134 valence electrons. The minimum absolute atomic E-state index is 0.0541. The van der Waals surface area contributed by atoms with Crippen LogP contribution in [0.15, 0.2) is 18.3 Å². The fourth-order valence-corrected chi connectivity index (χ4v) is 4.49. The van der Waals surface area contributed by atoms with E-state index in [4.69, 9.17) is 0 Å². The third kappa shape index (κ3) is 3.26. The Morgan fingerprint density at radius 1 is 1.28 bits per heavy atom. The van der Waals surface area contributed by atoms with Crippen molar-refractivity contribution in [2.24, 2.45) is 0 Å². The Morgan fingerprint density at radius 2 is 2.00 bits per heavy atom. The Morgan fingerprint density at radius 3 is 2.64 bits per heavy atom. The van der Waals surface area contributed by atoms with E-state index in [1.807, 2.05) is 0 Å². The van der Waals surface area contributed by atoms with Gasteiger partial charge in [-0.05, 0) is 25.5 Å². The predicted octanol–water partition coefficient (Wildman–Crippen LogP) is 2.22. The summed E-state index contributed by atoms with van der Waals surface area (Å²) in [5, 5.41) is 6.21. The number of benzene rings is 1. The average molecular weight is 373 g/mol. The number of nitrogens with zero attached hydrogens (tertiary/aromatic N) is 2. The molecular formula is C15H14F3N3O3S. The standard InChI is InChI=1S/C15H14F3N3O3S/c1-8-10(6-19-21(8)9-4-5-25(23,24)7-9)15(22)20-12-3-2-11(16)13(17)14(12)18/h2-3,6,9H,4-5,7H2,1H3,(H,20,22). The normalized spacial score (nSPS) is 19.1. The number of amides is 1. The maximum atomic E-state index is 13.7. The van der Waals surface area contributed by atoms with Crippen LogP contribution in [0.4, 0.5) is 18.9 Å². The first-order valence-corrected chi connectivity index (χ1v) is 9.21. The second-order valence-corrected chi connectivity index (χ2v) is 8.05. The first-order valence-electron chi connectivity index (χ1n) is 7.39. The van der Waals surface area contributed by atoms with Crippen molar-refractivity contribution in [2.45, 2.75) is 19.4 Å². The summed E-state index contributed by atoms with van der Waals surface area (Å²) in [6.07, 6.45) is 1.62. The summed E-state index contributed by atoms with van der Waals surface area (Å²) in [6, 6.07) is 1.24. The van der Waals surface area contributed by atoms with Crippen LogP contribution in [0, 0.1) is 24.4 Å². The Bertz CT molecular complexity index is 956. The Hall–Kier alpha value is -2.36. The molecule has 1 aromatic carbocycles. The number of hydrogen-bond donors (Lipinski definition) is 1. The molecule has 2 aromatic rings. The molecule has 10 heteroatoms. The molecule has 0 spiro atoms. The number of nitrogens with one attached hydrogen (secondary N) is 1. The molecule has 2 heterocycles. The van der Waals surface area contributed by atoms with E-state index in [9.17, 15) is 26.4 Å². The maximum Gasteiger partial charge on any atom is 0.259 e. The van der Waals surface area contributed by atoms with Gasteiger partial charge in [-0.25, -0.2) is 21.6 Å². The van der Waals surface area contributed by atoms with Crippen molar-refractivity contribution >= 4 is 21.4 Å². The lowest BCUT2D eigenvalue weighted by molar-refractivity contribution is 0.102. The molecule has 6 nitrogen and oxygen atoms in total. The zero-order valence-corrected chi connectivity index (χ0v) is 13.9. The predicted molar refractivity (Wildman–Crippen MR) is 83.5 cm³/mol. The van der Waals surface area contributed by atoms with Gasteiger partial charge in [0.25, 0.3) is 5.91 Å². The van der Waals surface area contributed by atoms with E-state index < -0.39 is 38.9 Å². The van der Waals surface area contributed by atoms with Crippen LogP contribution >= 0.6 is 0 Å². The van der Waals surface area contributed by atoms with Crippen LogP contribution in [0.3, 0.4) is 0 Å². The lowest BCUT2D eigenvalue weighted by Crippen LogP contribution is -2.17. The lowest BCUT2D eigenvalue weighted by Gasteiger charge is -2.12. The van der Waals surface area contributed by atoms with Gasteiger partial charge in [0.05, 0.1) is 35.0 Å². The molecule has 1 aliphatic heterocycles. The van der Waals surface area contributed by atoms with Crippen LogP contribution in [0.1, 0.15) is 28.5 Å². The number of hydrogen-bond acceptors (Lipinski definition) is 4. The Kier molecular flexibility index (Phi) is 4.31. The zero-order valence-electron chi connectivity index (χ0n) is 13.1. The van der Waals surface area contributed by atoms with E-state index in [2.05, 4.69) is 10.4 Å². The third-order valence-electron chi connectivity index (χ3n) is 4.13. The SMILES string of the molecule is Cc1c(C(=O)Nc2ccc(F)c(F)c2F)cnn1C1CCS(=O)(=O)C1. The molecule has 3 rings (SSSR count). The largest absolute Gasteiger partial charge is 0.319 e. The summed E-state index contributed by atoms with van der Waals surface area (Å²) in [7, 11) is -3.12. The molecule has 1 fully saturated rings. The summed E-state index contributed by atoms with van der Waals surface area (Å²) in [5.74, 6) is -5.30. The van der Waals surface area contributed by atoms with Gasteiger partial charge in [0.2, 0.25) is 0 Å². The van der Waals surface area contributed by atoms with E-state index in [1.165, 1.54) is 10.9 Å². The monoisotopic (exact) mass is 373 g/mol. The van der Waals surface area contributed by atoms with Crippen LogP contribution in [-0.4, -0.2) is 35.6 Å². The first-order chi connectivity index (χ1) is 11.7. The fourth-order valence-electron chi connectivity index (χ4n) is 2.79. The highest BCUT2D eigenvalue weighted by atomic mass is 32.2. The van der Waals surface area contributed by atoms with Crippen molar-refractivity contribution in [2.75, 3.05) is 16.8 Å². The van der Waals surface area contributed by atoms with Crippen molar-refractivity contribution in [3.8, 4) is 0 Å². The molecule has 1 aliphatic rings. The zero-order chi connectivity index (χ0) is 18.4. The van der Waals surface area contributed by atoms with Crippen molar-refractivity contribution in [3.63, 3.8) is 0 Å². The van der Waals surface area contributed by atoms with Gasteiger partial charge in [-0.3, -0.25) is 9.48 Å². The number of halogens is 3. The highest BCUT2D eigenvalue weighted by Crippen LogP contribution is 2.26. The number of anilines is 1. The topological polar surface area (TPSA) is 81.1 Å². The molecule has 0 radical (unpaired) electrons. The summed E-state index contributed by atoms with van der Waals surface area (Å²) in [4.78, 5) is 12.3. The van der Waals surface area contributed by atoms with E-state index in [0.717, 1.165) is 6.07 Å². The van der Waals surface area contributed by atoms with Crippen LogP contribution in [0.25, 0.3) is 0 Å². The lowest BCUT2D eigenvalue weighted by atomic mass is 10.2. The van der Waals surface area contributed by atoms with Gasteiger partial charge in [0.1, 0.15) is 0 Å². The molecular weight excluding hydrogens is 359 g/mol. The molecule has 1 amide bonds. The summed E-state index contributed by atoms with van der Waals surface area (Å²) in [6.45, 7) is 1.58. The van der Waals surface area contributed by atoms with Gasteiger partial charge >= 0.3 is 0 Å². The van der Waals surface area contributed by atoms with Crippen LogP contribution in [-0.2, 0) is 9.84 Å². The quantitative estimate of drug-likeness (QED) is 0.837. The number of sulfone groups is 1. The average Bonchev–Trinajstić information content (AvgIpc) is 3.10. The third-order valence-corrected chi connectivity index (χ3v) is 5.88. The van der Waals surface area contributed by atoms with Crippen molar-refractivity contribution < 1.29 is 26.4 Å². The molecule has 25 heavy (non-hydrogen) atoms. The van der Waals surface area contributed by atoms with Crippen LogP contribution < -0.4 is 5.32 Å². The van der Waals surface area contributed by atoms with Crippen LogP contribution in [0.5, 0.6) is 0 Å². The summed E-state index contributed by atoms with van der Waals surface area (Å²) in [5.41, 5.74) is -0.00415. The molecule has 1 atom stereocenters. The second kappa shape index (κ2) is 6.17. The summed E-state index contributed by atoms with van der Waals surface area (Å²) < 4.78 is 64.4. The van der Waals surface area contributed by atoms with Crippen molar-refractivity contribution in [3.05, 3.63) is 47.0 Å². The van der Waals surface area contributed by atoms with E-state index in [-0.39, 0.29) is 23.1 Å². The van der Waals surface area contributed by atoms with Gasteiger partial charge < -0.3 is 5.32 Å². The summed E-state index contributed by atoms with van der Waals surface area (Å²) >= 11 is 0. The maximum absolute atomic E-state index is 13.7. The minimum Gasteiger partial charge on any atom is -0.319 e. The first kappa shape index (κ1) is 17.5. The van der Waals surface area contributed by atoms with Gasteiger partial charge in [-0.15, -0.1) is 0 Å². The second-order valence-electron chi connectivity index (χ2n) is 5.82. The van der Waals surface area contributed by atoms with Gasteiger partial charge in [-0.2, -0.15) is 5.10 Å². The fraction of sp³-hybridized carbons (Fsp3) is 0.333. The van der Waals surface area contributed by atoms with Gasteiger partial charge in [0, 0.05) is 5.69 Å². The van der Waals surface area contributed by atoms with Crippen LogP contribution in [0.2, 0.25) is 0 Å². The minimum atomic E-state index is -3.12. The van der Waals surface area contributed by atoms with Crippen molar-refractivity contribution in [1.29, 1.82) is 0 Å². The van der Waals surface area contributed by atoms with Crippen molar-refractivity contribution in [1.82, 2.24) is 9.78 Å². The Labute approximate surface area is 141 Å².